The number of rotatable bonds is 6. The Morgan fingerprint density at radius 2 is 1.93 bits per heavy atom. The molecular weight excluding hydrogens is 338 g/mol. The van der Waals surface area contributed by atoms with Gasteiger partial charge in [0.15, 0.2) is 0 Å². The standard InChI is InChI=1S/C22H25N3O2/c1-23-9-4-10-24-22(27)17-13-21(26)25(14-17)18-7-8-20-16(12-18)11-15-5-2-3-6-19(15)20/h2-3,5-8,12,17,23H,4,9-11,13-14H2,1H3,(H,24,27). The highest BCUT2D eigenvalue weighted by molar-refractivity contribution is 6.00. The van der Waals surface area contributed by atoms with E-state index in [1.165, 1.54) is 22.3 Å². The van der Waals surface area contributed by atoms with E-state index in [9.17, 15) is 9.59 Å². The SMILES string of the molecule is CNCCCNC(=O)C1CC(=O)N(c2ccc3c(c2)Cc2ccccc2-3)C1. The van der Waals surface area contributed by atoms with E-state index < -0.39 is 0 Å². The number of carbonyl (C=O) groups is 2. The second-order valence-electron chi connectivity index (χ2n) is 7.33. The monoisotopic (exact) mass is 363 g/mol. The molecule has 0 spiro atoms. The van der Waals surface area contributed by atoms with Crippen LogP contribution in [0.15, 0.2) is 42.5 Å². The van der Waals surface area contributed by atoms with Crippen LogP contribution in [-0.2, 0) is 16.0 Å². The molecule has 2 N–H and O–H groups in total. The van der Waals surface area contributed by atoms with Gasteiger partial charge in [-0.3, -0.25) is 9.59 Å². The van der Waals surface area contributed by atoms with Crippen molar-refractivity contribution in [1.82, 2.24) is 10.6 Å². The van der Waals surface area contributed by atoms with Gasteiger partial charge in [0.25, 0.3) is 0 Å². The summed E-state index contributed by atoms with van der Waals surface area (Å²) < 4.78 is 0. The fraction of sp³-hybridized carbons (Fsp3) is 0.364. The predicted octanol–water partition coefficient (Wildman–Crippen LogP) is 2.34. The summed E-state index contributed by atoms with van der Waals surface area (Å²) in [7, 11) is 1.89. The average Bonchev–Trinajstić information content (AvgIpc) is 3.25. The number of amides is 2. The first-order valence-electron chi connectivity index (χ1n) is 9.61. The molecular formula is C22H25N3O2. The Hall–Kier alpha value is -2.66. The Labute approximate surface area is 159 Å². The Kier molecular flexibility index (Phi) is 4.94. The number of hydrogen-bond acceptors (Lipinski definition) is 3. The van der Waals surface area contributed by atoms with Crippen molar-refractivity contribution in [2.75, 3.05) is 31.6 Å². The van der Waals surface area contributed by atoms with Crippen LogP contribution in [0.5, 0.6) is 0 Å². The third kappa shape index (κ3) is 3.47. The van der Waals surface area contributed by atoms with E-state index >= 15 is 0 Å². The quantitative estimate of drug-likeness (QED) is 0.661. The lowest BCUT2D eigenvalue weighted by atomic mass is 10.1. The lowest BCUT2D eigenvalue weighted by Crippen LogP contribution is -2.34. The van der Waals surface area contributed by atoms with Crippen LogP contribution in [0.3, 0.4) is 0 Å². The maximum absolute atomic E-state index is 12.5. The van der Waals surface area contributed by atoms with E-state index in [0.29, 0.717) is 13.1 Å². The van der Waals surface area contributed by atoms with Crippen LogP contribution in [0, 0.1) is 5.92 Å². The number of carbonyl (C=O) groups excluding carboxylic acids is 2. The van der Waals surface area contributed by atoms with Crippen molar-refractivity contribution in [3.63, 3.8) is 0 Å². The van der Waals surface area contributed by atoms with Crippen molar-refractivity contribution in [1.29, 1.82) is 0 Å². The van der Waals surface area contributed by atoms with Crippen LogP contribution in [0.2, 0.25) is 0 Å². The van der Waals surface area contributed by atoms with E-state index in [2.05, 4.69) is 47.0 Å². The number of anilines is 1. The molecule has 0 aromatic heterocycles. The van der Waals surface area contributed by atoms with Crippen LogP contribution < -0.4 is 15.5 Å². The van der Waals surface area contributed by atoms with Gasteiger partial charge in [0.2, 0.25) is 11.8 Å². The normalized spacial score (nSPS) is 17.7. The fourth-order valence-corrected chi connectivity index (χ4v) is 4.05. The van der Waals surface area contributed by atoms with Gasteiger partial charge in [0.1, 0.15) is 0 Å². The third-order valence-corrected chi connectivity index (χ3v) is 5.49. The molecule has 27 heavy (non-hydrogen) atoms. The molecule has 1 fully saturated rings. The van der Waals surface area contributed by atoms with E-state index in [0.717, 1.165) is 25.1 Å². The van der Waals surface area contributed by atoms with Gasteiger partial charge in [0.05, 0.1) is 5.92 Å². The van der Waals surface area contributed by atoms with Gasteiger partial charge in [-0.1, -0.05) is 30.3 Å². The zero-order valence-electron chi connectivity index (χ0n) is 15.6. The second-order valence-corrected chi connectivity index (χ2v) is 7.33. The topological polar surface area (TPSA) is 61.4 Å². The van der Waals surface area contributed by atoms with Crippen LogP contribution in [0.25, 0.3) is 11.1 Å². The minimum absolute atomic E-state index is 0.0180. The number of nitrogens with one attached hydrogen (secondary N) is 2. The first kappa shape index (κ1) is 17.7. The maximum Gasteiger partial charge on any atom is 0.227 e. The summed E-state index contributed by atoms with van der Waals surface area (Å²) >= 11 is 0. The van der Waals surface area contributed by atoms with Crippen molar-refractivity contribution in [3.8, 4) is 11.1 Å². The molecule has 1 unspecified atom stereocenters. The molecule has 0 saturated carbocycles. The first-order chi connectivity index (χ1) is 13.2. The molecule has 2 amide bonds. The van der Waals surface area contributed by atoms with Gasteiger partial charge < -0.3 is 15.5 Å². The summed E-state index contributed by atoms with van der Waals surface area (Å²) in [4.78, 5) is 26.6. The number of hydrogen-bond donors (Lipinski definition) is 2. The highest BCUT2D eigenvalue weighted by Crippen LogP contribution is 2.39. The van der Waals surface area contributed by atoms with E-state index in [4.69, 9.17) is 0 Å². The number of nitrogens with zero attached hydrogens (tertiary/aromatic N) is 1. The van der Waals surface area contributed by atoms with Crippen molar-refractivity contribution in [2.45, 2.75) is 19.3 Å². The van der Waals surface area contributed by atoms with Gasteiger partial charge in [-0.15, -0.1) is 0 Å². The van der Waals surface area contributed by atoms with Crippen LogP contribution in [-0.4, -0.2) is 38.5 Å². The Morgan fingerprint density at radius 1 is 1.11 bits per heavy atom. The smallest absolute Gasteiger partial charge is 0.227 e. The lowest BCUT2D eigenvalue weighted by molar-refractivity contribution is -0.126. The Morgan fingerprint density at radius 3 is 2.78 bits per heavy atom. The van der Waals surface area contributed by atoms with E-state index in [1.54, 1.807) is 4.90 Å². The minimum Gasteiger partial charge on any atom is -0.356 e. The second kappa shape index (κ2) is 7.53. The number of benzene rings is 2. The molecule has 1 atom stereocenters. The van der Waals surface area contributed by atoms with Crippen molar-refractivity contribution >= 4 is 17.5 Å². The molecule has 0 radical (unpaired) electrons. The van der Waals surface area contributed by atoms with Crippen LogP contribution in [0.4, 0.5) is 5.69 Å². The average molecular weight is 363 g/mol. The van der Waals surface area contributed by atoms with E-state index in [1.807, 2.05) is 13.1 Å². The molecule has 1 aliphatic heterocycles. The highest BCUT2D eigenvalue weighted by atomic mass is 16.2. The summed E-state index contributed by atoms with van der Waals surface area (Å²) in [6.07, 6.45) is 2.07. The predicted molar refractivity (Wildman–Crippen MR) is 107 cm³/mol. The van der Waals surface area contributed by atoms with Gasteiger partial charge in [0, 0.05) is 25.2 Å². The van der Waals surface area contributed by atoms with Crippen LogP contribution >= 0.6 is 0 Å². The fourth-order valence-electron chi connectivity index (χ4n) is 4.05. The maximum atomic E-state index is 12.5. The molecule has 1 heterocycles. The summed E-state index contributed by atoms with van der Waals surface area (Å²) in [5.74, 6) is -0.256. The zero-order chi connectivity index (χ0) is 18.8. The molecule has 2 aliphatic rings. The summed E-state index contributed by atoms with van der Waals surface area (Å²) in [6, 6.07) is 14.7. The minimum atomic E-state index is -0.266. The Bertz CT molecular complexity index is 878. The van der Waals surface area contributed by atoms with Gasteiger partial charge in [-0.25, -0.2) is 0 Å². The molecule has 5 nitrogen and oxygen atoms in total. The van der Waals surface area contributed by atoms with Crippen molar-refractivity contribution in [2.24, 2.45) is 5.92 Å². The highest BCUT2D eigenvalue weighted by Gasteiger charge is 2.35. The molecule has 0 bridgehead atoms. The molecule has 5 heteroatoms. The molecule has 1 saturated heterocycles. The van der Waals surface area contributed by atoms with Crippen molar-refractivity contribution < 1.29 is 9.59 Å². The molecule has 140 valence electrons. The zero-order valence-corrected chi connectivity index (χ0v) is 15.6. The Balaban J connectivity index is 1.45. The molecule has 2 aromatic carbocycles. The third-order valence-electron chi connectivity index (χ3n) is 5.49. The molecule has 2 aromatic rings. The van der Waals surface area contributed by atoms with E-state index in [-0.39, 0.29) is 24.2 Å². The van der Waals surface area contributed by atoms with Gasteiger partial charge in [-0.05, 0) is 60.8 Å². The summed E-state index contributed by atoms with van der Waals surface area (Å²) in [5.41, 5.74) is 6.01. The first-order valence-corrected chi connectivity index (χ1v) is 9.61. The van der Waals surface area contributed by atoms with Gasteiger partial charge in [-0.2, -0.15) is 0 Å². The van der Waals surface area contributed by atoms with Crippen LogP contribution in [0.1, 0.15) is 24.0 Å². The van der Waals surface area contributed by atoms with Crippen molar-refractivity contribution in [3.05, 3.63) is 53.6 Å². The number of fused-ring (bicyclic) bond motifs is 3. The summed E-state index contributed by atoms with van der Waals surface area (Å²) in [6.45, 7) is 1.97. The molecule has 4 rings (SSSR count). The summed E-state index contributed by atoms with van der Waals surface area (Å²) in [5, 5.41) is 6.01. The molecule has 1 aliphatic carbocycles. The van der Waals surface area contributed by atoms with Gasteiger partial charge >= 0.3 is 0 Å². The lowest BCUT2D eigenvalue weighted by Gasteiger charge is -2.18. The largest absolute Gasteiger partial charge is 0.356 e.